The van der Waals surface area contributed by atoms with Crippen molar-refractivity contribution in [1.82, 2.24) is 15.5 Å². The molecule has 0 bridgehead atoms. The third-order valence-corrected chi connectivity index (χ3v) is 2.28. The third-order valence-electron chi connectivity index (χ3n) is 2.28. The highest BCUT2D eigenvalue weighted by Crippen LogP contribution is 2.20. The highest BCUT2D eigenvalue weighted by atomic mass is 35.5. The van der Waals surface area contributed by atoms with Crippen LogP contribution in [0.5, 0.6) is 0 Å². The van der Waals surface area contributed by atoms with Crippen LogP contribution in [0.4, 0.5) is 0 Å². The van der Waals surface area contributed by atoms with Crippen LogP contribution in [-0.4, -0.2) is 29.2 Å². The normalized spacial score (nSPS) is 10.8. The van der Waals surface area contributed by atoms with Gasteiger partial charge in [-0.25, -0.2) is 0 Å². The Bertz CT molecular complexity index is 357. The van der Waals surface area contributed by atoms with E-state index in [4.69, 9.17) is 5.73 Å². The molecule has 0 aromatic carbocycles. The second-order valence-corrected chi connectivity index (χ2v) is 4.81. The molecule has 1 aromatic rings. The minimum Gasteiger partial charge on any atom is -0.351 e. The van der Waals surface area contributed by atoms with Crippen LogP contribution >= 0.6 is 12.4 Å². The van der Waals surface area contributed by atoms with Gasteiger partial charge in [-0.3, -0.25) is 9.89 Å². The molecule has 1 rings (SSSR count). The van der Waals surface area contributed by atoms with Crippen molar-refractivity contribution >= 4 is 18.3 Å². The molecule has 1 amide bonds. The molecule has 4 N–H and O–H groups in total. The summed E-state index contributed by atoms with van der Waals surface area (Å²) in [4.78, 5) is 11.6. The first-order valence-corrected chi connectivity index (χ1v) is 5.49. The van der Waals surface area contributed by atoms with Crippen LogP contribution < -0.4 is 11.1 Å². The maximum absolute atomic E-state index is 11.6. The largest absolute Gasteiger partial charge is 0.351 e. The molecule has 0 aliphatic rings. The molecule has 0 fully saturated rings. The van der Waals surface area contributed by atoms with Gasteiger partial charge in [-0.15, -0.1) is 12.4 Å². The average molecular weight is 261 g/mol. The second kappa shape index (κ2) is 6.61. The van der Waals surface area contributed by atoms with Gasteiger partial charge in [0.05, 0.1) is 0 Å². The summed E-state index contributed by atoms with van der Waals surface area (Å²) in [5.74, 6) is -0.153. The zero-order valence-corrected chi connectivity index (χ0v) is 11.4. The molecule has 6 heteroatoms. The van der Waals surface area contributed by atoms with Crippen LogP contribution in [0.25, 0.3) is 0 Å². The molecule has 5 nitrogen and oxygen atoms in total. The molecule has 0 spiro atoms. The van der Waals surface area contributed by atoms with Crippen molar-refractivity contribution in [3.05, 3.63) is 17.5 Å². The molecule has 1 aromatic heterocycles. The molecule has 0 saturated carbocycles. The number of aromatic nitrogens is 2. The molecular formula is C11H21ClN4O. The van der Waals surface area contributed by atoms with Gasteiger partial charge in [0.1, 0.15) is 5.69 Å². The average Bonchev–Trinajstić information content (AvgIpc) is 2.66. The fourth-order valence-electron chi connectivity index (χ4n) is 1.22. The van der Waals surface area contributed by atoms with E-state index in [0.717, 1.165) is 12.1 Å². The van der Waals surface area contributed by atoms with Crippen molar-refractivity contribution < 1.29 is 4.79 Å². The number of carbonyl (C=O) groups is 1. The van der Waals surface area contributed by atoms with Gasteiger partial charge in [-0.1, -0.05) is 20.8 Å². The number of nitrogens with one attached hydrogen (secondary N) is 2. The highest BCUT2D eigenvalue weighted by Gasteiger charge is 2.18. The minimum absolute atomic E-state index is 0. The van der Waals surface area contributed by atoms with Gasteiger partial charge in [-0.2, -0.15) is 5.10 Å². The zero-order chi connectivity index (χ0) is 12.2. The summed E-state index contributed by atoms with van der Waals surface area (Å²) in [6.07, 6.45) is 0.780. The number of amides is 1. The van der Waals surface area contributed by atoms with E-state index in [1.165, 1.54) is 0 Å². The number of nitrogens with zero attached hydrogens (tertiary/aromatic N) is 1. The van der Waals surface area contributed by atoms with Gasteiger partial charge in [0, 0.05) is 17.7 Å². The van der Waals surface area contributed by atoms with Crippen LogP contribution in [0.15, 0.2) is 6.07 Å². The van der Waals surface area contributed by atoms with E-state index in [1.807, 2.05) is 0 Å². The van der Waals surface area contributed by atoms with E-state index in [2.05, 4.69) is 36.3 Å². The van der Waals surface area contributed by atoms with E-state index in [1.54, 1.807) is 6.07 Å². The monoisotopic (exact) mass is 260 g/mol. The Morgan fingerprint density at radius 2 is 2.18 bits per heavy atom. The van der Waals surface area contributed by atoms with Gasteiger partial charge in [0.15, 0.2) is 0 Å². The summed E-state index contributed by atoms with van der Waals surface area (Å²) in [5, 5.41) is 9.64. The Morgan fingerprint density at radius 3 is 2.65 bits per heavy atom. The van der Waals surface area contributed by atoms with E-state index in [-0.39, 0.29) is 23.7 Å². The molecule has 0 saturated heterocycles. The standard InChI is InChI=1S/C11H20N4O.ClH/c1-11(2,3)9-7-8(14-15-9)10(16)13-6-4-5-12;/h7H,4-6,12H2,1-3H3,(H,13,16)(H,14,15);1H. The number of halogens is 1. The lowest BCUT2D eigenvalue weighted by molar-refractivity contribution is 0.0948. The molecule has 0 atom stereocenters. The lowest BCUT2D eigenvalue weighted by Gasteiger charge is -2.14. The quantitative estimate of drug-likeness (QED) is 0.712. The van der Waals surface area contributed by atoms with Gasteiger partial charge in [0.2, 0.25) is 0 Å². The summed E-state index contributed by atoms with van der Waals surface area (Å²) in [6, 6.07) is 1.79. The van der Waals surface area contributed by atoms with E-state index in [0.29, 0.717) is 18.8 Å². The fraction of sp³-hybridized carbons (Fsp3) is 0.636. The van der Waals surface area contributed by atoms with Gasteiger partial charge in [0.25, 0.3) is 5.91 Å². The Morgan fingerprint density at radius 1 is 1.53 bits per heavy atom. The predicted molar refractivity (Wildman–Crippen MR) is 70.5 cm³/mol. The number of H-pyrrole nitrogens is 1. The number of carbonyl (C=O) groups excluding carboxylic acids is 1. The maximum Gasteiger partial charge on any atom is 0.271 e. The Kier molecular flexibility index (Phi) is 6.20. The van der Waals surface area contributed by atoms with Gasteiger partial charge in [-0.05, 0) is 19.0 Å². The lowest BCUT2D eigenvalue weighted by Crippen LogP contribution is -2.26. The molecule has 98 valence electrons. The molecule has 0 radical (unpaired) electrons. The van der Waals surface area contributed by atoms with Crippen LogP contribution in [0.2, 0.25) is 0 Å². The Labute approximate surface area is 108 Å². The lowest BCUT2D eigenvalue weighted by atomic mass is 9.92. The third kappa shape index (κ3) is 4.75. The summed E-state index contributed by atoms with van der Waals surface area (Å²) in [6.45, 7) is 7.37. The summed E-state index contributed by atoms with van der Waals surface area (Å²) in [7, 11) is 0. The Balaban J connectivity index is 0.00000256. The number of nitrogens with two attached hydrogens (primary N) is 1. The maximum atomic E-state index is 11.6. The van der Waals surface area contributed by atoms with E-state index in [9.17, 15) is 4.79 Å². The molecule has 0 unspecified atom stereocenters. The second-order valence-electron chi connectivity index (χ2n) is 4.81. The number of hydrogen-bond acceptors (Lipinski definition) is 3. The van der Waals surface area contributed by atoms with Crippen molar-refractivity contribution in [2.45, 2.75) is 32.6 Å². The number of aromatic amines is 1. The predicted octanol–water partition coefficient (Wildman–Crippen LogP) is 1.21. The summed E-state index contributed by atoms with van der Waals surface area (Å²) < 4.78 is 0. The van der Waals surface area contributed by atoms with Crippen molar-refractivity contribution in [3.63, 3.8) is 0 Å². The van der Waals surface area contributed by atoms with E-state index >= 15 is 0 Å². The topological polar surface area (TPSA) is 83.8 Å². The van der Waals surface area contributed by atoms with Crippen LogP contribution in [0.3, 0.4) is 0 Å². The van der Waals surface area contributed by atoms with Crippen molar-refractivity contribution in [3.8, 4) is 0 Å². The van der Waals surface area contributed by atoms with Crippen molar-refractivity contribution in [2.75, 3.05) is 13.1 Å². The molecular weight excluding hydrogens is 240 g/mol. The van der Waals surface area contributed by atoms with Gasteiger partial charge >= 0.3 is 0 Å². The first-order chi connectivity index (χ1) is 7.45. The minimum atomic E-state index is -0.153. The SMILES string of the molecule is CC(C)(C)c1cc(C(=O)NCCCN)n[nH]1.Cl. The van der Waals surface area contributed by atoms with E-state index < -0.39 is 0 Å². The first-order valence-electron chi connectivity index (χ1n) is 5.49. The Hall–Kier alpha value is -1.07. The summed E-state index contributed by atoms with van der Waals surface area (Å²) in [5.41, 5.74) is 6.70. The molecule has 17 heavy (non-hydrogen) atoms. The molecule has 1 heterocycles. The molecule has 0 aliphatic carbocycles. The number of rotatable bonds is 4. The van der Waals surface area contributed by atoms with Gasteiger partial charge < -0.3 is 11.1 Å². The number of hydrogen-bond donors (Lipinski definition) is 3. The highest BCUT2D eigenvalue weighted by molar-refractivity contribution is 5.92. The van der Waals surface area contributed by atoms with Crippen molar-refractivity contribution in [2.24, 2.45) is 5.73 Å². The van der Waals surface area contributed by atoms with Crippen molar-refractivity contribution in [1.29, 1.82) is 0 Å². The fourth-order valence-corrected chi connectivity index (χ4v) is 1.22. The first kappa shape index (κ1) is 15.9. The van der Waals surface area contributed by atoms with Crippen LogP contribution in [-0.2, 0) is 5.41 Å². The zero-order valence-electron chi connectivity index (χ0n) is 10.5. The molecule has 0 aliphatic heterocycles. The van der Waals surface area contributed by atoms with Crippen LogP contribution in [0.1, 0.15) is 43.4 Å². The van der Waals surface area contributed by atoms with Crippen LogP contribution in [0, 0.1) is 0 Å². The summed E-state index contributed by atoms with van der Waals surface area (Å²) >= 11 is 0. The smallest absolute Gasteiger partial charge is 0.271 e.